The van der Waals surface area contributed by atoms with Gasteiger partial charge in [0.05, 0.1) is 11.5 Å². The van der Waals surface area contributed by atoms with E-state index in [0.717, 1.165) is 0 Å². The van der Waals surface area contributed by atoms with Crippen LogP contribution in [0.5, 0.6) is 0 Å². The largest absolute Gasteiger partial charge is 0.338 e. The molecule has 3 rings (SSSR count). The van der Waals surface area contributed by atoms with E-state index < -0.39 is 15.3 Å². The van der Waals surface area contributed by atoms with Crippen molar-refractivity contribution in [3.05, 3.63) is 29.3 Å². The fourth-order valence-corrected chi connectivity index (χ4v) is 5.26. The van der Waals surface area contributed by atoms with E-state index in [2.05, 4.69) is 5.32 Å². The van der Waals surface area contributed by atoms with E-state index in [1.165, 1.54) is 0 Å². The standard InChI is InChI=1S/C17H21ClN2O4S/c1-2-20(14-6-9-25(23,24)11-14)16(22)17(7-8-17)15(21)19-13-5-3-4-12(18)10-13/h3-5,10,14H,2,6-9,11H2,1H3,(H,19,21). The molecule has 8 heteroatoms. The van der Waals surface area contributed by atoms with E-state index in [-0.39, 0.29) is 29.4 Å². The topological polar surface area (TPSA) is 83.6 Å². The Balaban J connectivity index is 1.74. The van der Waals surface area contributed by atoms with Crippen LogP contribution in [0, 0.1) is 5.41 Å². The van der Waals surface area contributed by atoms with E-state index >= 15 is 0 Å². The van der Waals surface area contributed by atoms with Gasteiger partial charge in [-0.2, -0.15) is 0 Å². The summed E-state index contributed by atoms with van der Waals surface area (Å²) in [5.74, 6) is -0.530. The molecular weight excluding hydrogens is 364 g/mol. The summed E-state index contributed by atoms with van der Waals surface area (Å²) >= 11 is 5.92. The summed E-state index contributed by atoms with van der Waals surface area (Å²) in [5, 5.41) is 3.26. The van der Waals surface area contributed by atoms with Crippen LogP contribution >= 0.6 is 11.6 Å². The van der Waals surface area contributed by atoms with Gasteiger partial charge < -0.3 is 10.2 Å². The lowest BCUT2D eigenvalue weighted by Crippen LogP contribution is -2.48. The fourth-order valence-electron chi connectivity index (χ4n) is 3.34. The van der Waals surface area contributed by atoms with Gasteiger partial charge in [0.25, 0.3) is 0 Å². The third-order valence-corrected chi connectivity index (χ3v) is 6.91. The first kappa shape index (κ1) is 18.2. The molecule has 1 saturated heterocycles. The van der Waals surface area contributed by atoms with E-state index in [4.69, 9.17) is 11.6 Å². The number of hydrogen-bond donors (Lipinski definition) is 1. The van der Waals surface area contributed by atoms with Crippen molar-refractivity contribution in [3.63, 3.8) is 0 Å². The molecule has 1 unspecified atom stereocenters. The molecule has 1 N–H and O–H groups in total. The molecule has 2 amide bonds. The molecule has 0 bridgehead atoms. The summed E-state index contributed by atoms with van der Waals surface area (Å²) in [6, 6.07) is 6.43. The Kier molecular flexibility index (Phi) is 4.81. The molecule has 1 heterocycles. The van der Waals surface area contributed by atoms with Gasteiger partial charge in [-0.05, 0) is 44.4 Å². The Bertz CT molecular complexity index is 805. The Morgan fingerprint density at radius 3 is 2.60 bits per heavy atom. The zero-order chi connectivity index (χ0) is 18.2. The summed E-state index contributed by atoms with van der Waals surface area (Å²) in [6.07, 6.45) is 1.40. The second kappa shape index (κ2) is 6.61. The summed E-state index contributed by atoms with van der Waals surface area (Å²) in [7, 11) is -3.09. The lowest BCUT2D eigenvalue weighted by Gasteiger charge is -2.30. The Morgan fingerprint density at radius 1 is 1.36 bits per heavy atom. The summed E-state index contributed by atoms with van der Waals surface area (Å²) in [5.41, 5.74) is -0.534. The van der Waals surface area contributed by atoms with Crippen LogP contribution in [0.4, 0.5) is 5.69 Å². The second-order valence-electron chi connectivity index (χ2n) is 6.69. The quantitative estimate of drug-likeness (QED) is 0.788. The number of halogens is 1. The number of sulfone groups is 1. The molecule has 0 spiro atoms. The van der Waals surface area contributed by atoms with Crippen LogP contribution in [0.1, 0.15) is 26.2 Å². The second-order valence-corrected chi connectivity index (χ2v) is 9.36. The van der Waals surface area contributed by atoms with Crippen LogP contribution in [0.2, 0.25) is 5.02 Å². The molecule has 0 radical (unpaired) electrons. The van der Waals surface area contributed by atoms with Crippen LogP contribution in [-0.4, -0.2) is 49.2 Å². The van der Waals surface area contributed by atoms with Gasteiger partial charge in [-0.25, -0.2) is 8.42 Å². The van der Waals surface area contributed by atoms with Crippen molar-refractivity contribution >= 4 is 38.9 Å². The Morgan fingerprint density at radius 2 is 2.08 bits per heavy atom. The molecule has 0 aromatic heterocycles. The van der Waals surface area contributed by atoms with Crippen molar-refractivity contribution in [3.8, 4) is 0 Å². The van der Waals surface area contributed by atoms with Gasteiger partial charge in [-0.1, -0.05) is 17.7 Å². The molecule has 1 saturated carbocycles. The zero-order valence-electron chi connectivity index (χ0n) is 14.0. The van der Waals surface area contributed by atoms with Crippen molar-refractivity contribution in [1.82, 2.24) is 4.90 Å². The Labute approximate surface area is 152 Å². The first-order chi connectivity index (χ1) is 11.8. The number of carbonyl (C=O) groups excluding carboxylic acids is 2. The predicted molar refractivity (Wildman–Crippen MR) is 96.2 cm³/mol. The van der Waals surface area contributed by atoms with E-state index in [0.29, 0.717) is 36.5 Å². The highest BCUT2D eigenvalue weighted by molar-refractivity contribution is 7.91. The summed E-state index contributed by atoms with van der Waals surface area (Å²) in [6.45, 7) is 2.21. The highest BCUT2D eigenvalue weighted by atomic mass is 35.5. The third-order valence-electron chi connectivity index (χ3n) is 4.93. The number of rotatable bonds is 5. The number of anilines is 1. The molecule has 1 aliphatic carbocycles. The fraction of sp³-hybridized carbons (Fsp3) is 0.529. The van der Waals surface area contributed by atoms with Gasteiger partial charge in [-0.15, -0.1) is 0 Å². The molecule has 1 aromatic carbocycles. The molecule has 136 valence electrons. The number of benzene rings is 1. The molecule has 1 aromatic rings. The van der Waals surface area contributed by atoms with Gasteiger partial charge in [0, 0.05) is 23.3 Å². The lowest BCUT2D eigenvalue weighted by atomic mass is 10.0. The SMILES string of the molecule is CCN(C(=O)C1(C(=O)Nc2cccc(Cl)c2)CC1)C1CCS(=O)(=O)C1. The van der Waals surface area contributed by atoms with Gasteiger partial charge >= 0.3 is 0 Å². The molecule has 2 fully saturated rings. The van der Waals surface area contributed by atoms with Gasteiger partial charge in [0.15, 0.2) is 9.84 Å². The number of nitrogens with zero attached hydrogens (tertiary/aromatic N) is 1. The highest BCUT2D eigenvalue weighted by Gasteiger charge is 2.58. The van der Waals surface area contributed by atoms with Gasteiger partial charge in [0.1, 0.15) is 5.41 Å². The predicted octanol–water partition coefficient (Wildman–Crippen LogP) is 2.09. The molecule has 1 atom stereocenters. The highest BCUT2D eigenvalue weighted by Crippen LogP contribution is 2.48. The van der Waals surface area contributed by atoms with Crippen molar-refractivity contribution in [2.24, 2.45) is 5.41 Å². The van der Waals surface area contributed by atoms with E-state index in [9.17, 15) is 18.0 Å². The van der Waals surface area contributed by atoms with Crippen LogP contribution in [-0.2, 0) is 19.4 Å². The normalized spacial score (nSPS) is 23.0. The van der Waals surface area contributed by atoms with Crippen molar-refractivity contribution < 1.29 is 18.0 Å². The van der Waals surface area contributed by atoms with Crippen molar-refractivity contribution in [2.45, 2.75) is 32.2 Å². The third kappa shape index (κ3) is 3.67. The number of amides is 2. The molecule has 1 aliphatic heterocycles. The number of carbonyl (C=O) groups is 2. The van der Waals surface area contributed by atoms with Crippen LogP contribution < -0.4 is 5.32 Å². The van der Waals surface area contributed by atoms with Gasteiger partial charge in [0.2, 0.25) is 11.8 Å². The van der Waals surface area contributed by atoms with Crippen LogP contribution in [0.25, 0.3) is 0 Å². The van der Waals surface area contributed by atoms with Crippen LogP contribution in [0.15, 0.2) is 24.3 Å². The zero-order valence-corrected chi connectivity index (χ0v) is 15.6. The monoisotopic (exact) mass is 384 g/mol. The minimum atomic E-state index is -3.09. The van der Waals surface area contributed by atoms with E-state index in [1.54, 1.807) is 29.2 Å². The number of hydrogen-bond acceptors (Lipinski definition) is 4. The maximum atomic E-state index is 13.0. The first-order valence-electron chi connectivity index (χ1n) is 8.36. The average Bonchev–Trinajstić information content (AvgIpc) is 3.28. The van der Waals surface area contributed by atoms with Crippen molar-refractivity contribution in [1.29, 1.82) is 0 Å². The number of nitrogens with one attached hydrogen (secondary N) is 1. The van der Waals surface area contributed by atoms with E-state index in [1.807, 2.05) is 6.92 Å². The minimum absolute atomic E-state index is 0.0153. The van der Waals surface area contributed by atoms with Gasteiger partial charge in [-0.3, -0.25) is 9.59 Å². The molecule has 2 aliphatic rings. The van der Waals surface area contributed by atoms with Crippen LogP contribution in [0.3, 0.4) is 0 Å². The maximum absolute atomic E-state index is 13.0. The minimum Gasteiger partial charge on any atom is -0.338 e. The summed E-state index contributed by atoms with van der Waals surface area (Å²) in [4.78, 5) is 27.3. The Hall–Kier alpha value is -1.60. The average molecular weight is 385 g/mol. The smallest absolute Gasteiger partial charge is 0.240 e. The molecule has 25 heavy (non-hydrogen) atoms. The first-order valence-corrected chi connectivity index (χ1v) is 10.6. The molecular formula is C17H21ClN2O4S. The summed E-state index contributed by atoms with van der Waals surface area (Å²) < 4.78 is 23.5. The maximum Gasteiger partial charge on any atom is 0.240 e. The molecule has 6 nitrogen and oxygen atoms in total. The van der Waals surface area contributed by atoms with Crippen molar-refractivity contribution in [2.75, 3.05) is 23.4 Å². The lowest BCUT2D eigenvalue weighted by molar-refractivity contribution is -0.143.